The predicted molar refractivity (Wildman–Crippen MR) is 154 cm³/mol. The van der Waals surface area contributed by atoms with Crippen LogP contribution < -0.4 is 0 Å². The number of carboxylic acids is 1. The zero-order chi connectivity index (χ0) is 26.5. The van der Waals surface area contributed by atoms with Crippen LogP contribution in [0.3, 0.4) is 0 Å². The van der Waals surface area contributed by atoms with Crippen molar-refractivity contribution in [2.45, 2.75) is 193 Å². The molecule has 0 aliphatic heterocycles. The number of ether oxygens (including phenoxy) is 1. The number of esters is 1. The lowest BCUT2D eigenvalue weighted by Crippen LogP contribution is -2.19. The van der Waals surface area contributed by atoms with E-state index < -0.39 is 5.97 Å². The third kappa shape index (κ3) is 27.5. The van der Waals surface area contributed by atoms with Gasteiger partial charge < -0.3 is 9.84 Å². The number of carbonyl (C=O) groups excluding carboxylic acids is 1. The molecule has 4 nitrogen and oxygen atoms in total. The second-order valence-corrected chi connectivity index (χ2v) is 11.0. The number of hydrogen-bond acceptors (Lipinski definition) is 3. The van der Waals surface area contributed by atoms with E-state index in [2.05, 4.69) is 13.8 Å². The van der Waals surface area contributed by atoms with Crippen molar-refractivity contribution in [2.24, 2.45) is 0 Å². The smallest absolute Gasteiger partial charge is 0.306 e. The molecule has 36 heavy (non-hydrogen) atoms. The fourth-order valence-electron chi connectivity index (χ4n) is 4.94. The number of unbranched alkanes of at least 4 members (excludes halogenated alkanes) is 21. The van der Waals surface area contributed by atoms with Crippen LogP contribution in [0.2, 0.25) is 0 Å². The van der Waals surface area contributed by atoms with Crippen molar-refractivity contribution >= 4 is 11.9 Å². The van der Waals surface area contributed by atoms with Crippen LogP contribution in [-0.2, 0) is 14.3 Å². The van der Waals surface area contributed by atoms with Gasteiger partial charge in [-0.3, -0.25) is 9.59 Å². The molecule has 0 bridgehead atoms. The Morgan fingerprint density at radius 3 is 1.25 bits per heavy atom. The Morgan fingerprint density at radius 2 is 0.861 bits per heavy atom. The highest BCUT2D eigenvalue weighted by Gasteiger charge is 2.15. The molecule has 0 rings (SSSR count). The molecule has 0 aromatic rings. The van der Waals surface area contributed by atoms with Crippen molar-refractivity contribution in [3.8, 4) is 0 Å². The van der Waals surface area contributed by atoms with E-state index in [4.69, 9.17) is 9.84 Å². The van der Waals surface area contributed by atoms with Gasteiger partial charge in [-0.2, -0.15) is 0 Å². The molecule has 0 aliphatic carbocycles. The zero-order valence-electron chi connectivity index (χ0n) is 24.3. The first-order valence-electron chi connectivity index (χ1n) is 16.0. The summed E-state index contributed by atoms with van der Waals surface area (Å²) < 4.78 is 5.69. The number of hydrogen-bond donors (Lipinski definition) is 1. The molecular formula is C32H62O4. The summed E-state index contributed by atoms with van der Waals surface area (Å²) in [5, 5.41) is 9.04. The van der Waals surface area contributed by atoms with E-state index in [9.17, 15) is 9.59 Å². The summed E-state index contributed by atoms with van der Waals surface area (Å²) in [6, 6.07) is 0. The molecule has 0 spiro atoms. The summed E-state index contributed by atoms with van der Waals surface area (Å²) in [6.07, 6.45) is 31.0. The van der Waals surface area contributed by atoms with Crippen LogP contribution in [-0.4, -0.2) is 23.1 Å². The van der Waals surface area contributed by atoms with Crippen LogP contribution in [0.15, 0.2) is 0 Å². The molecule has 1 unspecified atom stereocenters. The van der Waals surface area contributed by atoms with Crippen molar-refractivity contribution in [3.63, 3.8) is 0 Å². The zero-order valence-corrected chi connectivity index (χ0v) is 24.3. The molecule has 0 saturated heterocycles. The maximum atomic E-state index is 12.3. The Kier molecular flexibility index (Phi) is 27.7. The number of carbonyl (C=O) groups is 2. The Hall–Kier alpha value is -1.06. The lowest BCUT2D eigenvalue weighted by molar-refractivity contribution is -0.151. The van der Waals surface area contributed by atoms with Crippen molar-refractivity contribution in [1.29, 1.82) is 0 Å². The van der Waals surface area contributed by atoms with Gasteiger partial charge in [-0.05, 0) is 25.7 Å². The van der Waals surface area contributed by atoms with Crippen molar-refractivity contribution in [2.75, 3.05) is 0 Å². The van der Waals surface area contributed by atoms with Gasteiger partial charge in [0.25, 0.3) is 0 Å². The molecule has 4 heteroatoms. The number of aliphatic carboxylic acids is 1. The topological polar surface area (TPSA) is 63.6 Å². The molecule has 0 heterocycles. The highest BCUT2D eigenvalue weighted by atomic mass is 16.5. The highest BCUT2D eigenvalue weighted by molar-refractivity contribution is 5.69. The summed E-state index contributed by atoms with van der Waals surface area (Å²) in [6.45, 7) is 4.52. The van der Waals surface area contributed by atoms with Gasteiger partial charge in [0.05, 0.1) is 0 Å². The summed E-state index contributed by atoms with van der Waals surface area (Å²) in [5.74, 6) is -0.948. The van der Waals surface area contributed by atoms with Crippen LogP contribution >= 0.6 is 0 Å². The van der Waals surface area contributed by atoms with Gasteiger partial charge >= 0.3 is 11.9 Å². The molecule has 0 fully saturated rings. The monoisotopic (exact) mass is 510 g/mol. The Labute approximate surface area is 224 Å². The molecule has 214 valence electrons. The molecule has 0 radical (unpaired) electrons. The Morgan fingerprint density at radius 1 is 0.500 bits per heavy atom. The van der Waals surface area contributed by atoms with E-state index in [0.717, 1.165) is 32.1 Å². The van der Waals surface area contributed by atoms with Crippen molar-refractivity contribution in [1.82, 2.24) is 0 Å². The molecule has 0 aromatic heterocycles. The lowest BCUT2D eigenvalue weighted by atomic mass is 10.0. The maximum Gasteiger partial charge on any atom is 0.306 e. The van der Waals surface area contributed by atoms with Crippen LogP contribution in [0, 0.1) is 0 Å². The van der Waals surface area contributed by atoms with E-state index in [-0.39, 0.29) is 18.5 Å². The summed E-state index contributed by atoms with van der Waals surface area (Å²) >= 11 is 0. The lowest BCUT2D eigenvalue weighted by Gasteiger charge is -2.17. The second kappa shape index (κ2) is 28.5. The van der Waals surface area contributed by atoms with E-state index in [0.29, 0.717) is 12.8 Å². The molecule has 1 N–H and O–H groups in total. The van der Waals surface area contributed by atoms with Crippen LogP contribution in [0.25, 0.3) is 0 Å². The van der Waals surface area contributed by atoms with Gasteiger partial charge in [-0.15, -0.1) is 0 Å². The SMILES string of the molecule is CCCCCCCCCCCCCCC(=O)OC(CCCCCCCCCCCCC)CCC(=O)O. The van der Waals surface area contributed by atoms with Crippen LogP contribution in [0.1, 0.15) is 187 Å². The standard InChI is InChI=1S/C32H62O4/c1-3-5-7-9-11-13-15-17-19-21-23-25-27-32(35)36-30(28-29-31(33)34)26-24-22-20-18-16-14-12-10-8-6-4-2/h30H,3-29H2,1-2H3,(H,33,34). The molecule has 0 saturated carbocycles. The van der Waals surface area contributed by atoms with E-state index in [1.54, 1.807) is 0 Å². The largest absolute Gasteiger partial charge is 0.481 e. The van der Waals surface area contributed by atoms with Gasteiger partial charge in [0.2, 0.25) is 0 Å². The van der Waals surface area contributed by atoms with Gasteiger partial charge in [0, 0.05) is 12.8 Å². The van der Waals surface area contributed by atoms with Gasteiger partial charge in [-0.1, -0.05) is 149 Å². The Balaban J connectivity index is 3.76. The quantitative estimate of drug-likeness (QED) is 0.0802. The summed E-state index contributed by atoms with van der Waals surface area (Å²) in [7, 11) is 0. The third-order valence-corrected chi connectivity index (χ3v) is 7.34. The minimum atomic E-state index is -0.809. The van der Waals surface area contributed by atoms with E-state index in [1.807, 2.05) is 0 Å². The highest BCUT2D eigenvalue weighted by Crippen LogP contribution is 2.17. The average Bonchev–Trinajstić information content (AvgIpc) is 2.86. The van der Waals surface area contributed by atoms with Crippen LogP contribution in [0.5, 0.6) is 0 Å². The first-order chi connectivity index (χ1) is 17.6. The molecule has 1 atom stereocenters. The minimum absolute atomic E-state index is 0.0780. The van der Waals surface area contributed by atoms with Gasteiger partial charge in [0.15, 0.2) is 0 Å². The first-order valence-corrected chi connectivity index (χ1v) is 16.0. The molecule has 0 aromatic carbocycles. The summed E-state index contributed by atoms with van der Waals surface area (Å²) in [5.41, 5.74) is 0. The van der Waals surface area contributed by atoms with Gasteiger partial charge in [0.1, 0.15) is 6.10 Å². The molecule has 0 aliphatic rings. The third-order valence-electron chi connectivity index (χ3n) is 7.34. The molecule has 0 amide bonds. The fourth-order valence-corrected chi connectivity index (χ4v) is 4.94. The maximum absolute atomic E-state index is 12.3. The number of rotatable bonds is 29. The Bertz CT molecular complexity index is 477. The normalized spacial score (nSPS) is 12.1. The number of carboxylic acid groups (broad SMARTS) is 1. The fraction of sp³-hybridized carbons (Fsp3) is 0.938. The average molecular weight is 511 g/mol. The van der Waals surface area contributed by atoms with Crippen molar-refractivity contribution in [3.05, 3.63) is 0 Å². The van der Waals surface area contributed by atoms with E-state index >= 15 is 0 Å². The first kappa shape index (κ1) is 34.9. The van der Waals surface area contributed by atoms with Crippen LogP contribution in [0.4, 0.5) is 0 Å². The second-order valence-electron chi connectivity index (χ2n) is 11.0. The van der Waals surface area contributed by atoms with Crippen molar-refractivity contribution < 1.29 is 19.4 Å². The van der Waals surface area contributed by atoms with Gasteiger partial charge in [-0.25, -0.2) is 0 Å². The summed E-state index contributed by atoms with van der Waals surface area (Å²) in [4.78, 5) is 23.3. The predicted octanol–water partition coefficient (Wildman–Crippen LogP) is 10.6. The molecular weight excluding hydrogens is 448 g/mol. The van der Waals surface area contributed by atoms with E-state index in [1.165, 1.54) is 122 Å². The minimum Gasteiger partial charge on any atom is -0.481 e.